The van der Waals surface area contributed by atoms with E-state index < -0.39 is 55.0 Å². The molecule has 2 aromatic carbocycles. The average Bonchev–Trinajstić information content (AvgIpc) is 2.72. The topological polar surface area (TPSA) is 161 Å². The summed E-state index contributed by atoms with van der Waals surface area (Å²) in [6, 6.07) is 5.28. The van der Waals surface area contributed by atoms with Crippen LogP contribution in [0.15, 0.2) is 46.2 Å². The van der Waals surface area contributed by atoms with E-state index in [1.165, 1.54) is 0 Å². The fourth-order valence-corrected chi connectivity index (χ4v) is 3.44. The Bertz CT molecular complexity index is 817. The Morgan fingerprint density at radius 2 is 1.16 bits per heavy atom. The zero-order valence-corrected chi connectivity index (χ0v) is 16.3. The van der Waals surface area contributed by atoms with Gasteiger partial charge in [0.05, 0.1) is 17.3 Å². The van der Waals surface area contributed by atoms with Crippen molar-refractivity contribution >= 4 is 41.9 Å². The highest BCUT2D eigenvalue weighted by Gasteiger charge is 2.22. The van der Waals surface area contributed by atoms with Crippen molar-refractivity contribution in [1.82, 2.24) is 0 Å². The molecule has 0 saturated heterocycles. The van der Waals surface area contributed by atoms with Gasteiger partial charge in [-0.05, 0) is 35.2 Å². The van der Waals surface area contributed by atoms with Crippen LogP contribution in [0.25, 0.3) is 0 Å². The van der Waals surface area contributed by atoms with Gasteiger partial charge < -0.3 is 30.9 Å². The first-order chi connectivity index (χ1) is 14.4. The summed E-state index contributed by atoms with van der Waals surface area (Å²) in [5.41, 5.74) is 2.61. The Hall–Kier alpha value is -2.29. The van der Waals surface area contributed by atoms with Crippen LogP contribution >= 0.6 is 0 Å². The number of carboxylic acid groups (broad SMARTS) is 1. The monoisotopic (exact) mass is 465 g/mol. The van der Waals surface area contributed by atoms with Gasteiger partial charge in [-0.2, -0.15) is 0 Å². The lowest BCUT2D eigenvalue weighted by molar-refractivity contribution is -0.135. The number of hydrogen-bond donors (Lipinski definition) is 6. The number of carboxylic acids is 1. The summed E-state index contributed by atoms with van der Waals surface area (Å²) in [6.07, 6.45) is -5.99. The second-order valence-corrected chi connectivity index (χ2v) is 7.37. The number of aliphatic carboxylic acids is 1. The fourth-order valence-electron chi connectivity index (χ4n) is 2.19. The van der Waals surface area contributed by atoms with Gasteiger partial charge in [0.25, 0.3) is 12.9 Å². The van der Waals surface area contributed by atoms with Crippen molar-refractivity contribution in [3.8, 4) is 0 Å². The molecule has 7 N–H and O–H groups in total. The zero-order chi connectivity index (χ0) is 23.9. The number of carbonyl (C=O) groups is 1. The van der Waals surface area contributed by atoms with Crippen molar-refractivity contribution in [2.24, 2.45) is 5.73 Å². The molecule has 0 atom stereocenters. The first kappa shape index (κ1) is 26.7. The predicted octanol–water partition coefficient (Wildman–Crippen LogP) is -0.882. The first-order valence-corrected chi connectivity index (χ1v) is 9.44. The third-order valence-electron chi connectivity index (χ3n) is 3.61. The van der Waals surface area contributed by atoms with Crippen LogP contribution in [0.5, 0.6) is 0 Å². The summed E-state index contributed by atoms with van der Waals surface area (Å²) in [6.45, 7) is -0.278. The molecule has 0 bridgehead atoms. The Morgan fingerprint density at radius 1 is 0.839 bits per heavy atom. The molecule has 0 fully saturated rings. The van der Waals surface area contributed by atoms with E-state index in [2.05, 4.69) is 5.73 Å². The number of hydrogen-bond acceptors (Lipinski definition) is 7. The molecule has 0 unspecified atom stereocenters. The summed E-state index contributed by atoms with van der Waals surface area (Å²) in [4.78, 5) is 8.68. The van der Waals surface area contributed by atoms with E-state index in [0.717, 1.165) is 36.4 Å². The molecule has 15 heteroatoms. The number of benzene rings is 2. The minimum Gasteiger partial charge on any atom is -0.480 e. The van der Waals surface area contributed by atoms with E-state index in [0.29, 0.717) is 0 Å². The normalized spacial score (nSPS) is 10.8. The van der Waals surface area contributed by atoms with Gasteiger partial charge in [-0.25, -0.2) is 21.8 Å². The van der Waals surface area contributed by atoms with E-state index in [1.807, 2.05) is 0 Å². The van der Waals surface area contributed by atoms with Crippen LogP contribution in [0.2, 0.25) is 0 Å². The molecule has 0 radical (unpaired) electrons. The molecular formula is C16H17B2F4NO7S. The van der Waals surface area contributed by atoms with Crippen LogP contribution in [0.1, 0.15) is 24.0 Å². The summed E-state index contributed by atoms with van der Waals surface area (Å²) in [5.74, 6) is -0.968. The van der Waals surface area contributed by atoms with Crippen LogP contribution in [0.3, 0.4) is 0 Å². The van der Waals surface area contributed by atoms with E-state index in [1.54, 1.807) is 0 Å². The van der Waals surface area contributed by atoms with Crippen LogP contribution in [0, 0.1) is 0 Å². The fraction of sp³-hybridized carbons (Fsp3) is 0.188. The maximum atomic E-state index is 13.0. The average molecular weight is 465 g/mol. The molecule has 0 aliphatic rings. The third kappa shape index (κ3) is 8.05. The highest BCUT2D eigenvalue weighted by molar-refractivity contribution is 7.85. The maximum Gasteiger partial charge on any atom is 0.488 e. The maximum absolute atomic E-state index is 13.0. The van der Waals surface area contributed by atoms with E-state index in [9.17, 15) is 46.7 Å². The minimum absolute atomic E-state index is 0.278. The molecule has 0 heterocycles. The highest BCUT2D eigenvalue weighted by atomic mass is 32.2. The molecular weight excluding hydrogens is 448 g/mol. The standard InChI is InChI=1S/C14H12B2F4O5S.C2H5NO2/c17-13(18)7-1-9(15(21)22)5-11(3-7)26(25)12-4-8(14(19)20)2-10(6-12)16(23)24;3-1-2(4)5/h1-6,13-14,21-24H;1,3H2,(H,4,5). The molecule has 0 spiro atoms. The summed E-state index contributed by atoms with van der Waals surface area (Å²) in [5, 5.41) is 44.3. The van der Waals surface area contributed by atoms with Gasteiger partial charge in [0.2, 0.25) is 0 Å². The molecule has 8 nitrogen and oxygen atoms in total. The Labute approximate surface area is 176 Å². The van der Waals surface area contributed by atoms with Crippen LogP contribution in [-0.4, -0.2) is 56.2 Å². The quantitative estimate of drug-likeness (QED) is 0.227. The molecule has 0 aliphatic heterocycles. The number of halogens is 4. The molecule has 31 heavy (non-hydrogen) atoms. The van der Waals surface area contributed by atoms with Gasteiger partial charge in [0, 0.05) is 20.9 Å². The van der Waals surface area contributed by atoms with Gasteiger partial charge in [-0.15, -0.1) is 0 Å². The molecule has 2 aromatic rings. The molecule has 0 aromatic heterocycles. The summed E-state index contributed by atoms with van der Waals surface area (Å²) < 4.78 is 64.5. The number of nitrogens with two attached hydrogens (primary N) is 1. The second-order valence-electron chi connectivity index (χ2n) is 5.89. The smallest absolute Gasteiger partial charge is 0.480 e. The van der Waals surface area contributed by atoms with Gasteiger partial charge >= 0.3 is 20.2 Å². The van der Waals surface area contributed by atoms with Gasteiger partial charge in [0.15, 0.2) is 0 Å². The van der Waals surface area contributed by atoms with E-state index in [-0.39, 0.29) is 27.3 Å². The SMILES string of the molecule is NCC(=O)O.O=S(c1cc(B(O)O)cc(C(F)F)c1)c1cc(B(O)O)cc(C(F)F)c1. The Balaban J connectivity index is 0.000000861. The Morgan fingerprint density at radius 3 is 1.39 bits per heavy atom. The van der Waals surface area contributed by atoms with E-state index >= 15 is 0 Å². The summed E-state index contributed by atoms with van der Waals surface area (Å²) >= 11 is 0. The van der Waals surface area contributed by atoms with Crippen molar-refractivity contribution in [2.75, 3.05) is 6.54 Å². The van der Waals surface area contributed by atoms with Gasteiger partial charge in [-0.1, -0.05) is 12.1 Å². The lowest BCUT2D eigenvalue weighted by Crippen LogP contribution is -2.31. The third-order valence-corrected chi connectivity index (χ3v) is 4.93. The van der Waals surface area contributed by atoms with Crippen molar-refractivity contribution < 1.29 is 51.8 Å². The van der Waals surface area contributed by atoms with Crippen molar-refractivity contribution in [2.45, 2.75) is 22.6 Å². The highest BCUT2D eigenvalue weighted by Crippen LogP contribution is 2.25. The number of rotatable bonds is 7. The lowest BCUT2D eigenvalue weighted by Gasteiger charge is -2.12. The zero-order valence-electron chi connectivity index (χ0n) is 15.5. The minimum atomic E-state index is -2.99. The van der Waals surface area contributed by atoms with Gasteiger partial charge in [0.1, 0.15) is 0 Å². The van der Waals surface area contributed by atoms with Crippen LogP contribution in [0.4, 0.5) is 17.6 Å². The Kier molecular flexibility index (Phi) is 10.3. The lowest BCUT2D eigenvalue weighted by atomic mass is 9.79. The number of alkyl halides is 4. The van der Waals surface area contributed by atoms with Crippen molar-refractivity contribution in [3.05, 3.63) is 47.5 Å². The molecule has 0 amide bonds. The predicted molar refractivity (Wildman–Crippen MR) is 104 cm³/mol. The van der Waals surface area contributed by atoms with Crippen LogP contribution < -0.4 is 16.7 Å². The molecule has 0 aliphatic carbocycles. The largest absolute Gasteiger partial charge is 0.488 e. The molecule has 0 saturated carbocycles. The molecule has 2 rings (SSSR count). The van der Waals surface area contributed by atoms with E-state index in [4.69, 9.17) is 5.11 Å². The van der Waals surface area contributed by atoms with Crippen molar-refractivity contribution in [3.63, 3.8) is 0 Å². The van der Waals surface area contributed by atoms with Gasteiger partial charge in [-0.3, -0.25) is 4.79 Å². The second kappa shape index (κ2) is 11.9. The van der Waals surface area contributed by atoms with Crippen molar-refractivity contribution in [1.29, 1.82) is 0 Å². The molecule has 168 valence electrons. The summed E-state index contributed by atoms with van der Waals surface area (Å²) in [7, 11) is -6.48. The first-order valence-electron chi connectivity index (χ1n) is 8.29. The van der Waals surface area contributed by atoms with Crippen LogP contribution in [-0.2, 0) is 15.6 Å².